The van der Waals surface area contributed by atoms with Crippen LogP contribution in [0.4, 0.5) is 5.13 Å². The second kappa shape index (κ2) is 7.14. The molecular formula is C13H12ClN3O3S. The fourth-order valence-electron chi connectivity index (χ4n) is 1.51. The molecule has 0 saturated heterocycles. The van der Waals surface area contributed by atoms with E-state index >= 15 is 0 Å². The topological polar surface area (TPSA) is 81.2 Å². The van der Waals surface area contributed by atoms with E-state index in [9.17, 15) is 9.59 Å². The molecule has 1 N–H and O–H groups in total. The van der Waals surface area contributed by atoms with Gasteiger partial charge in [-0.05, 0) is 25.1 Å². The van der Waals surface area contributed by atoms with Gasteiger partial charge in [0.2, 0.25) is 5.13 Å². The standard InChI is InChI=1S/C13H12ClN3O3S/c1-2-20-11(18)7-10-16-17-13(21-10)15-12(19)8-4-3-5-9(14)6-8/h3-6H,2,7H2,1H3,(H,15,17,19). The number of hydrogen-bond donors (Lipinski definition) is 1. The lowest BCUT2D eigenvalue weighted by Gasteiger charge is -2.01. The van der Waals surface area contributed by atoms with Crippen LogP contribution in [-0.2, 0) is 16.0 Å². The quantitative estimate of drug-likeness (QED) is 0.854. The molecule has 2 rings (SSSR count). The second-order valence-corrected chi connectivity index (χ2v) is 5.45. The van der Waals surface area contributed by atoms with Crippen LogP contribution in [0.5, 0.6) is 0 Å². The van der Waals surface area contributed by atoms with Crippen molar-refractivity contribution in [2.75, 3.05) is 11.9 Å². The third kappa shape index (κ3) is 4.51. The van der Waals surface area contributed by atoms with E-state index in [1.807, 2.05) is 0 Å². The summed E-state index contributed by atoms with van der Waals surface area (Å²) in [6.45, 7) is 2.05. The number of amides is 1. The summed E-state index contributed by atoms with van der Waals surface area (Å²) in [5.41, 5.74) is 0.421. The molecule has 0 aliphatic heterocycles. The lowest BCUT2D eigenvalue weighted by molar-refractivity contribution is -0.142. The van der Waals surface area contributed by atoms with Crippen molar-refractivity contribution >= 4 is 39.9 Å². The van der Waals surface area contributed by atoms with Crippen molar-refractivity contribution in [3.63, 3.8) is 0 Å². The smallest absolute Gasteiger partial charge is 0.312 e. The van der Waals surface area contributed by atoms with Gasteiger partial charge in [0.1, 0.15) is 5.01 Å². The maximum atomic E-state index is 12.0. The normalized spacial score (nSPS) is 10.2. The number of nitrogens with zero attached hydrogens (tertiary/aromatic N) is 2. The van der Waals surface area contributed by atoms with Gasteiger partial charge in [0.15, 0.2) is 0 Å². The van der Waals surface area contributed by atoms with E-state index in [1.54, 1.807) is 31.2 Å². The minimum absolute atomic E-state index is 0.0402. The number of carbonyl (C=O) groups is 2. The molecule has 8 heteroatoms. The summed E-state index contributed by atoms with van der Waals surface area (Å²) in [5, 5.41) is 11.5. The summed E-state index contributed by atoms with van der Waals surface area (Å²) in [7, 11) is 0. The van der Waals surface area contributed by atoms with Gasteiger partial charge in [-0.3, -0.25) is 14.9 Å². The van der Waals surface area contributed by atoms with Crippen LogP contribution in [0.1, 0.15) is 22.3 Å². The Morgan fingerprint density at radius 3 is 2.90 bits per heavy atom. The zero-order chi connectivity index (χ0) is 15.2. The van der Waals surface area contributed by atoms with Gasteiger partial charge in [-0.1, -0.05) is 29.0 Å². The number of benzene rings is 1. The van der Waals surface area contributed by atoms with Crippen LogP contribution in [0.2, 0.25) is 5.02 Å². The molecule has 110 valence electrons. The van der Waals surface area contributed by atoms with Crippen molar-refractivity contribution in [2.45, 2.75) is 13.3 Å². The molecule has 0 aliphatic carbocycles. The fourth-order valence-corrected chi connectivity index (χ4v) is 2.42. The third-order valence-electron chi connectivity index (χ3n) is 2.38. The Morgan fingerprint density at radius 2 is 2.19 bits per heavy atom. The number of halogens is 1. The summed E-state index contributed by atoms with van der Waals surface area (Å²) in [4.78, 5) is 23.3. The van der Waals surface area contributed by atoms with Crippen LogP contribution < -0.4 is 5.32 Å². The zero-order valence-electron chi connectivity index (χ0n) is 11.1. The fraction of sp³-hybridized carbons (Fsp3) is 0.231. The van der Waals surface area contributed by atoms with Crippen LogP contribution in [0.3, 0.4) is 0 Å². The third-order valence-corrected chi connectivity index (χ3v) is 3.45. The van der Waals surface area contributed by atoms with Crippen LogP contribution in [0.25, 0.3) is 0 Å². The molecule has 0 atom stereocenters. The molecule has 0 bridgehead atoms. The van der Waals surface area contributed by atoms with E-state index in [0.29, 0.717) is 27.3 Å². The van der Waals surface area contributed by atoms with Gasteiger partial charge < -0.3 is 4.74 Å². The zero-order valence-corrected chi connectivity index (χ0v) is 12.7. The van der Waals surface area contributed by atoms with Gasteiger partial charge in [0.05, 0.1) is 13.0 Å². The van der Waals surface area contributed by atoms with Crippen molar-refractivity contribution in [1.82, 2.24) is 10.2 Å². The van der Waals surface area contributed by atoms with Crippen molar-refractivity contribution in [1.29, 1.82) is 0 Å². The molecule has 6 nitrogen and oxygen atoms in total. The van der Waals surface area contributed by atoms with Gasteiger partial charge in [0.25, 0.3) is 5.91 Å². The van der Waals surface area contributed by atoms with Crippen LogP contribution >= 0.6 is 22.9 Å². The summed E-state index contributed by atoms with van der Waals surface area (Å²) in [6, 6.07) is 6.56. The minimum Gasteiger partial charge on any atom is -0.466 e. The molecule has 2 aromatic rings. The number of rotatable bonds is 5. The average Bonchev–Trinajstić information content (AvgIpc) is 2.86. The maximum Gasteiger partial charge on any atom is 0.312 e. The first-order valence-electron chi connectivity index (χ1n) is 6.13. The predicted molar refractivity (Wildman–Crippen MR) is 79.7 cm³/mol. The minimum atomic E-state index is -0.374. The largest absolute Gasteiger partial charge is 0.466 e. The van der Waals surface area contributed by atoms with Gasteiger partial charge in [-0.15, -0.1) is 10.2 Å². The lowest BCUT2D eigenvalue weighted by atomic mass is 10.2. The molecule has 0 unspecified atom stereocenters. The van der Waals surface area contributed by atoms with Crippen LogP contribution in [-0.4, -0.2) is 28.7 Å². The van der Waals surface area contributed by atoms with E-state index in [1.165, 1.54) is 0 Å². The van der Waals surface area contributed by atoms with Gasteiger partial charge in [-0.25, -0.2) is 0 Å². The predicted octanol–water partition coefficient (Wildman–Crippen LogP) is 2.55. The summed E-state index contributed by atoms with van der Waals surface area (Å²) >= 11 is 6.95. The van der Waals surface area contributed by atoms with Gasteiger partial charge in [-0.2, -0.15) is 0 Å². The molecule has 0 aliphatic rings. The van der Waals surface area contributed by atoms with Crippen molar-refractivity contribution in [3.05, 3.63) is 39.9 Å². The first-order chi connectivity index (χ1) is 10.1. The molecule has 0 saturated carbocycles. The van der Waals surface area contributed by atoms with E-state index in [-0.39, 0.29) is 18.3 Å². The highest BCUT2D eigenvalue weighted by molar-refractivity contribution is 7.15. The molecule has 1 heterocycles. The van der Waals surface area contributed by atoms with E-state index < -0.39 is 0 Å². The Balaban J connectivity index is 1.99. The van der Waals surface area contributed by atoms with Crippen molar-refractivity contribution in [3.8, 4) is 0 Å². The van der Waals surface area contributed by atoms with Crippen molar-refractivity contribution < 1.29 is 14.3 Å². The highest BCUT2D eigenvalue weighted by Crippen LogP contribution is 2.18. The van der Waals surface area contributed by atoms with Gasteiger partial charge in [0, 0.05) is 10.6 Å². The van der Waals surface area contributed by atoms with E-state index in [2.05, 4.69) is 15.5 Å². The molecule has 0 spiro atoms. The molecule has 1 amide bonds. The molecule has 0 radical (unpaired) electrons. The average molecular weight is 326 g/mol. The monoisotopic (exact) mass is 325 g/mol. The highest BCUT2D eigenvalue weighted by Gasteiger charge is 2.13. The number of nitrogens with one attached hydrogen (secondary N) is 1. The molecule has 0 fully saturated rings. The Morgan fingerprint density at radius 1 is 1.38 bits per heavy atom. The Bertz CT molecular complexity index is 660. The van der Waals surface area contributed by atoms with Crippen LogP contribution in [0.15, 0.2) is 24.3 Å². The maximum absolute atomic E-state index is 12.0. The number of esters is 1. The molecule has 1 aromatic heterocycles. The summed E-state index contributed by atoms with van der Waals surface area (Å²) in [6.07, 6.45) is 0.0402. The van der Waals surface area contributed by atoms with Crippen LogP contribution in [0, 0.1) is 0 Å². The molecule has 1 aromatic carbocycles. The Kier molecular flexibility index (Phi) is 5.24. The Hall–Kier alpha value is -1.99. The highest BCUT2D eigenvalue weighted by atomic mass is 35.5. The summed E-state index contributed by atoms with van der Waals surface area (Å²) in [5.74, 6) is -0.710. The van der Waals surface area contributed by atoms with Gasteiger partial charge >= 0.3 is 5.97 Å². The number of hydrogen-bond acceptors (Lipinski definition) is 6. The first-order valence-corrected chi connectivity index (χ1v) is 7.33. The molecule has 21 heavy (non-hydrogen) atoms. The Labute approximate surface area is 130 Å². The number of anilines is 1. The summed E-state index contributed by atoms with van der Waals surface area (Å²) < 4.78 is 4.82. The van der Waals surface area contributed by atoms with Crippen molar-refractivity contribution in [2.24, 2.45) is 0 Å². The number of aromatic nitrogens is 2. The number of ether oxygens (including phenoxy) is 1. The SMILES string of the molecule is CCOC(=O)Cc1nnc(NC(=O)c2cccc(Cl)c2)s1. The molecular weight excluding hydrogens is 314 g/mol. The number of carbonyl (C=O) groups excluding carboxylic acids is 2. The first kappa shape index (κ1) is 15.4. The second-order valence-electron chi connectivity index (χ2n) is 3.95. The lowest BCUT2D eigenvalue weighted by Crippen LogP contribution is -2.11. The van der Waals surface area contributed by atoms with E-state index in [0.717, 1.165) is 11.3 Å². The van der Waals surface area contributed by atoms with E-state index in [4.69, 9.17) is 16.3 Å².